The van der Waals surface area contributed by atoms with E-state index in [4.69, 9.17) is 5.73 Å². The van der Waals surface area contributed by atoms with Gasteiger partial charge in [0, 0.05) is 24.0 Å². The Morgan fingerprint density at radius 3 is 2.50 bits per heavy atom. The Labute approximate surface area is 132 Å². The molecule has 0 bridgehead atoms. The highest BCUT2D eigenvalue weighted by Gasteiger charge is 2.19. The van der Waals surface area contributed by atoms with Crippen molar-refractivity contribution < 1.29 is 4.79 Å². The highest BCUT2D eigenvalue weighted by Crippen LogP contribution is 2.17. The minimum Gasteiger partial charge on any atom is -0.353 e. The number of carbonyl (C=O) groups excluding carboxylic acids is 1. The van der Waals surface area contributed by atoms with Crippen LogP contribution in [0.3, 0.4) is 0 Å². The van der Waals surface area contributed by atoms with Gasteiger partial charge in [-0.2, -0.15) is 0 Å². The first-order valence-corrected chi connectivity index (χ1v) is 6.60. The van der Waals surface area contributed by atoms with E-state index in [0.29, 0.717) is 18.5 Å². The van der Waals surface area contributed by atoms with Crippen LogP contribution in [0.25, 0.3) is 0 Å². The zero-order chi connectivity index (χ0) is 13.0. The van der Waals surface area contributed by atoms with Gasteiger partial charge in [-0.3, -0.25) is 9.78 Å². The predicted molar refractivity (Wildman–Crippen MR) is 85.5 cm³/mol. The molecule has 0 aromatic carbocycles. The third kappa shape index (κ3) is 6.07. The summed E-state index contributed by atoms with van der Waals surface area (Å²) < 4.78 is 0. The molecular weight excluding hydrogens is 297 g/mol. The maximum absolute atomic E-state index is 11.9. The van der Waals surface area contributed by atoms with Gasteiger partial charge in [0.25, 0.3) is 0 Å². The van der Waals surface area contributed by atoms with Crippen LogP contribution in [-0.4, -0.2) is 23.0 Å². The zero-order valence-electron chi connectivity index (χ0n) is 11.7. The van der Waals surface area contributed by atoms with Crippen molar-refractivity contribution in [1.82, 2.24) is 10.3 Å². The molecule has 0 unspecified atom stereocenters. The minimum atomic E-state index is 0. The number of hydrogen-bond donors (Lipinski definition) is 2. The standard InChI is InChI=1S/C14H21N3O.2ClH/c1-10-2-3-11(9-16-10)8-14(18)17-13-6-4-12(15)5-7-13;;/h2-3,9,12-13H,4-8,15H2,1H3,(H,17,18);2*1H. The van der Waals surface area contributed by atoms with E-state index < -0.39 is 0 Å². The molecule has 1 aliphatic carbocycles. The van der Waals surface area contributed by atoms with Crippen LogP contribution in [0.5, 0.6) is 0 Å². The van der Waals surface area contributed by atoms with Crippen LogP contribution in [0.2, 0.25) is 0 Å². The number of nitrogens with two attached hydrogens (primary N) is 1. The van der Waals surface area contributed by atoms with Gasteiger partial charge < -0.3 is 11.1 Å². The number of rotatable bonds is 3. The summed E-state index contributed by atoms with van der Waals surface area (Å²) in [5.74, 6) is 0.0844. The topological polar surface area (TPSA) is 68.0 Å². The molecule has 20 heavy (non-hydrogen) atoms. The van der Waals surface area contributed by atoms with Crippen molar-refractivity contribution in [2.24, 2.45) is 5.73 Å². The van der Waals surface area contributed by atoms with Gasteiger partial charge in [-0.1, -0.05) is 6.07 Å². The largest absolute Gasteiger partial charge is 0.353 e. The van der Waals surface area contributed by atoms with Gasteiger partial charge in [0.2, 0.25) is 5.91 Å². The molecule has 3 N–H and O–H groups in total. The summed E-state index contributed by atoms with van der Waals surface area (Å²) in [6.07, 6.45) is 6.20. The van der Waals surface area contributed by atoms with Crippen LogP contribution in [0.4, 0.5) is 0 Å². The van der Waals surface area contributed by atoms with Crippen molar-refractivity contribution in [2.45, 2.75) is 51.1 Å². The lowest BCUT2D eigenvalue weighted by Crippen LogP contribution is -2.41. The number of aryl methyl sites for hydroxylation is 1. The molecule has 0 aliphatic heterocycles. The fraction of sp³-hybridized carbons (Fsp3) is 0.571. The first-order valence-electron chi connectivity index (χ1n) is 6.60. The first kappa shape index (κ1) is 19.2. The van der Waals surface area contributed by atoms with E-state index in [0.717, 1.165) is 36.9 Å². The number of nitrogens with zero attached hydrogens (tertiary/aromatic N) is 1. The normalized spacial score (nSPS) is 21.3. The number of pyridine rings is 1. The molecular formula is C14H23Cl2N3O. The van der Waals surface area contributed by atoms with Crippen molar-refractivity contribution in [1.29, 1.82) is 0 Å². The smallest absolute Gasteiger partial charge is 0.224 e. The molecule has 114 valence electrons. The van der Waals surface area contributed by atoms with E-state index in [1.54, 1.807) is 6.20 Å². The Bertz CT molecular complexity index is 403. The summed E-state index contributed by atoms with van der Waals surface area (Å²) in [5.41, 5.74) is 7.78. The van der Waals surface area contributed by atoms with E-state index >= 15 is 0 Å². The molecule has 1 fully saturated rings. The molecule has 1 amide bonds. The zero-order valence-corrected chi connectivity index (χ0v) is 13.3. The number of nitrogens with one attached hydrogen (secondary N) is 1. The molecule has 2 rings (SSSR count). The lowest BCUT2D eigenvalue weighted by Gasteiger charge is -2.26. The Balaban J connectivity index is 0.00000180. The third-order valence-corrected chi connectivity index (χ3v) is 3.47. The molecule has 0 radical (unpaired) electrons. The Kier molecular flexibility index (Phi) is 8.78. The maximum atomic E-state index is 11.9. The SMILES string of the molecule is Cc1ccc(CC(=O)NC2CCC(N)CC2)cn1.Cl.Cl. The van der Waals surface area contributed by atoms with Gasteiger partial charge in [-0.15, -0.1) is 24.8 Å². The lowest BCUT2D eigenvalue weighted by atomic mass is 9.92. The van der Waals surface area contributed by atoms with Gasteiger partial charge in [-0.05, 0) is 44.2 Å². The summed E-state index contributed by atoms with van der Waals surface area (Å²) >= 11 is 0. The number of amides is 1. The van der Waals surface area contributed by atoms with Gasteiger partial charge in [0.05, 0.1) is 6.42 Å². The Hall–Kier alpha value is -0.840. The van der Waals surface area contributed by atoms with Crippen LogP contribution < -0.4 is 11.1 Å². The second-order valence-corrected chi connectivity index (χ2v) is 5.16. The van der Waals surface area contributed by atoms with Crippen LogP contribution in [0.1, 0.15) is 36.9 Å². The van der Waals surface area contributed by atoms with E-state index in [-0.39, 0.29) is 30.7 Å². The summed E-state index contributed by atoms with van der Waals surface area (Å²) in [6, 6.07) is 4.51. The van der Waals surface area contributed by atoms with Crippen LogP contribution in [-0.2, 0) is 11.2 Å². The van der Waals surface area contributed by atoms with Crippen molar-refractivity contribution in [3.63, 3.8) is 0 Å². The number of hydrogen-bond acceptors (Lipinski definition) is 3. The average Bonchev–Trinajstić information content (AvgIpc) is 2.35. The second-order valence-electron chi connectivity index (χ2n) is 5.16. The fourth-order valence-corrected chi connectivity index (χ4v) is 2.33. The monoisotopic (exact) mass is 319 g/mol. The molecule has 6 heteroatoms. The Morgan fingerprint density at radius 1 is 1.30 bits per heavy atom. The van der Waals surface area contributed by atoms with Gasteiger partial charge in [0.15, 0.2) is 0 Å². The minimum absolute atomic E-state index is 0. The number of aromatic nitrogens is 1. The third-order valence-electron chi connectivity index (χ3n) is 3.47. The van der Waals surface area contributed by atoms with Gasteiger partial charge in [-0.25, -0.2) is 0 Å². The average molecular weight is 320 g/mol. The quantitative estimate of drug-likeness (QED) is 0.897. The second kappa shape index (κ2) is 9.16. The number of halogens is 2. The summed E-state index contributed by atoms with van der Waals surface area (Å²) in [7, 11) is 0. The van der Waals surface area contributed by atoms with E-state index in [2.05, 4.69) is 10.3 Å². The van der Waals surface area contributed by atoms with Crippen molar-refractivity contribution in [3.05, 3.63) is 29.6 Å². The summed E-state index contributed by atoms with van der Waals surface area (Å²) in [4.78, 5) is 16.1. The molecule has 0 spiro atoms. The maximum Gasteiger partial charge on any atom is 0.224 e. The van der Waals surface area contributed by atoms with Crippen LogP contribution in [0.15, 0.2) is 18.3 Å². The molecule has 0 atom stereocenters. The summed E-state index contributed by atoms with van der Waals surface area (Å²) in [6.45, 7) is 1.94. The van der Waals surface area contributed by atoms with Crippen molar-refractivity contribution in [3.8, 4) is 0 Å². The molecule has 1 aromatic rings. The molecule has 1 aliphatic rings. The van der Waals surface area contributed by atoms with Crippen LogP contribution in [0, 0.1) is 6.92 Å². The molecule has 4 nitrogen and oxygen atoms in total. The Morgan fingerprint density at radius 2 is 1.95 bits per heavy atom. The van der Waals surface area contributed by atoms with E-state index in [9.17, 15) is 4.79 Å². The molecule has 1 saturated carbocycles. The van der Waals surface area contributed by atoms with Crippen LogP contribution >= 0.6 is 24.8 Å². The van der Waals surface area contributed by atoms with E-state index in [1.807, 2.05) is 19.1 Å². The predicted octanol–water partition coefficient (Wildman–Crippen LogP) is 2.16. The number of carbonyl (C=O) groups is 1. The van der Waals surface area contributed by atoms with Gasteiger partial charge in [0.1, 0.15) is 0 Å². The lowest BCUT2D eigenvalue weighted by molar-refractivity contribution is -0.121. The molecule has 1 aromatic heterocycles. The molecule has 1 heterocycles. The van der Waals surface area contributed by atoms with Crippen molar-refractivity contribution >= 4 is 30.7 Å². The molecule has 0 saturated heterocycles. The first-order chi connectivity index (χ1) is 8.63. The highest BCUT2D eigenvalue weighted by molar-refractivity contribution is 5.85. The van der Waals surface area contributed by atoms with E-state index in [1.165, 1.54) is 0 Å². The highest BCUT2D eigenvalue weighted by atomic mass is 35.5. The van der Waals surface area contributed by atoms with Gasteiger partial charge >= 0.3 is 0 Å². The fourth-order valence-electron chi connectivity index (χ4n) is 2.33. The van der Waals surface area contributed by atoms with Crippen molar-refractivity contribution in [2.75, 3.05) is 0 Å². The summed E-state index contributed by atoms with van der Waals surface area (Å²) in [5, 5.41) is 3.08.